The van der Waals surface area contributed by atoms with Crippen LogP contribution in [-0.4, -0.2) is 6.85 Å². The highest BCUT2D eigenvalue weighted by Gasteiger charge is 2.45. The van der Waals surface area contributed by atoms with E-state index in [4.69, 9.17) is 0 Å². The highest BCUT2D eigenvalue weighted by Crippen LogP contribution is 2.53. The summed E-state index contributed by atoms with van der Waals surface area (Å²) in [6, 6.07) is 61.1. The first-order valence-corrected chi connectivity index (χ1v) is 16.9. The van der Waals surface area contributed by atoms with Gasteiger partial charge in [0.15, 0.2) is 0 Å². The Morgan fingerprint density at radius 1 is 0.375 bits per heavy atom. The van der Waals surface area contributed by atoms with Crippen LogP contribution < -0.4 is 20.2 Å². The summed E-state index contributed by atoms with van der Waals surface area (Å²) in [5.74, 6) is 0. The molecule has 0 aromatic heterocycles. The zero-order valence-corrected chi connectivity index (χ0v) is 27.6. The molecule has 7 aromatic rings. The molecule has 0 radical (unpaired) electrons. The molecule has 2 nitrogen and oxygen atoms in total. The summed E-state index contributed by atoms with van der Waals surface area (Å²) in [5, 5.41) is 0. The van der Waals surface area contributed by atoms with E-state index in [-0.39, 0.29) is 6.85 Å². The lowest BCUT2D eigenvalue weighted by Crippen LogP contribution is -2.59. The van der Waals surface area contributed by atoms with Gasteiger partial charge in [-0.25, -0.2) is 0 Å². The summed E-state index contributed by atoms with van der Waals surface area (Å²) >= 11 is 0. The lowest BCUT2D eigenvalue weighted by molar-refractivity contribution is 0.704. The average molecular weight is 616 g/mol. The van der Waals surface area contributed by atoms with Crippen molar-refractivity contribution in [3.8, 4) is 22.3 Å². The minimum atomic E-state index is 0.0575. The molecule has 3 heteroatoms. The van der Waals surface area contributed by atoms with Crippen LogP contribution in [0.5, 0.6) is 0 Å². The van der Waals surface area contributed by atoms with E-state index in [1.54, 1.807) is 0 Å². The number of aryl methyl sites for hydroxylation is 3. The number of hydrogen-bond donors (Lipinski definition) is 0. The number of anilines is 2. The molecule has 228 valence electrons. The molecule has 0 saturated heterocycles. The number of benzene rings is 7. The second-order valence-corrected chi connectivity index (χ2v) is 13.4. The van der Waals surface area contributed by atoms with Crippen LogP contribution in [0.4, 0.5) is 34.1 Å². The standard InChI is InChI=1S/C45H36BN2/c1-31-19-23-42-38(27-31)40-28-32(2)20-25-44(40)47-45-26-21-33(3)29-41(45)39-30-37(22-24-43(39)46(42)47)48(34-13-7-4-8-14-34,35-15-9-5-10-16-35)36-17-11-6-12-18-36/h4-30H,1-3H3/q+1. The molecule has 0 fully saturated rings. The third kappa shape index (κ3) is 4.18. The van der Waals surface area contributed by atoms with E-state index in [9.17, 15) is 0 Å². The van der Waals surface area contributed by atoms with Crippen LogP contribution >= 0.6 is 0 Å². The van der Waals surface area contributed by atoms with Crippen molar-refractivity contribution in [3.63, 3.8) is 0 Å². The number of quaternary nitrogens is 1. The zero-order chi connectivity index (χ0) is 32.4. The second kappa shape index (κ2) is 11.0. The van der Waals surface area contributed by atoms with Gasteiger partial charge in [0.05, 0.1) is 0 Å². The molecule has 2 aliphatic rings. The Hall–Kier alpha value is -5.64. The fourth-order valence-corrected chi connectivity index (χ4v) is 8.22. The first kappa shape index (κ1) is 28.6. The first-order valence-electron chi connectivity index (χ1n) is 16.9. The molecule has 0 saturated carbocycles. The quantitative estimate of drug-likeness (QED) is 0.141. The highest BCUT2D eigenvalue weighted by atomic mass is 15.4. The first-order chi connectivity index (χ1) is 23.5. The van der Waals surface area contributed by atoms with Gasteiger partial charge in [0.2, 0.25) is 0 Å². The summed E-state index contributed by atoms with van der Waals surface area (Å²) in [7, 11) is 0. The number of nitrogens with zero attached hydrogens (tertiary/aromatic N) is 2. The smallest absolute Gasteiger partial charge is 0.329 e. The fraction of sp³-hybridized carbons (Fsp3) is 0.0667. The molecule has 48 heavy (non-hydrogen) atoms. The van der Waals surface area contributed by atoms with Gasteiger partial charge in [-0.2, -0.15) is 4.48 Å². The third-order valence-electron chi connectivity index (χ3n) is 10.3. The Bertz CT molecular complexity index is 2230. The van der Waals surface area contributed by atoms with Crippen LogP contribution in [0.1, 0.15) is 16.7 Å². The summed E-state index contributed by atoms with van der Waals surface area (Å²) < 4.78 is 0.475. The Morgan fingerprint density at radius 3 is 1.25 bits per heavy atom. The normalized spacial score (nSPS) is 12.8. The lowest BCUT2D eigenvalue weighted by atomic mass is 9.43. The molecule has 0 atom stereocenters. The van der Waals surface area contributed by atoms with Crippen molar-refractivity contribution >= 4 is 51.9 Å². The van der Waals surface area contributed by atoms with Crippen molar-refractivity contribution in [1.82, 2.24) is 4.48 Å². The van der Waals surface area contributed by atoms with Crippen LogP contribution in [0.25, 0.3) is 22.3 Å². The molecular formula is C45H36BN2+. The minimum Gasteiger partial charge on any atom is -0.376 e. The number of para-hydroxylation sites is 3. The molecule has 2 heterocycles. The number of fused-ring (bicyclic) bond motifs is 11. The van der Waals surface area contributed by atoms with E-state index in [0.29, 0.717) is 4.48 Å². The van der Waals surface area contributed by atoms with Crippen molar-refractivity contribution in [2.75, 3.05) is 4.81 Å². The highest BCUT2D eigenvalue weighted by molar-refractivity contribution is 6.92. The van der Waals surface area contributed by atoms with Crippen molar-refractivity contribution < 1.29 is 0 Å². The minimum absolute atomic E-state index is 0.0575. The second-order valence-electron chi connectivity index (χ2n) is 13.4. The molecule has 2 aliphatic heterocycles. The van der Waals surface area contributed by atoms with Crippen LogP contribution in [0.3, 0.4) is 0 Å². The number of rotatable bonds is 4. The van der Waals surface area contributed by atoms with E-state index in [1.807, 2.05) is 0 Å². The van der Waals surface area contributed by atoms with Gasteiger partial charge in [0.1, 0.15) is 22.7 Å². The van der Waals surface area contributed by atoms with Gasteiger partial charge in [-0.3, -0.25) is 0 Å². The van der Waals surface area contributed by atoms with Gasteiger partial charge in [-0.05, 0) is 67.1 Å². The summed E-state index contributed by atoms with van der Waals surface area (Å²) in [5.41, 5.74) is 19.0. The Labute approximate surface area is 283 Å². The predicted octanol–water partition coefficient (Wildman–Crippen LogP) is 10.8. The van der Waals surface area contributed by atoms with Crippen molar-refractivity contribution in [2.45, 2.75) is 20.8 Å². The molecule has 0 spiro atoms. The van der Waals surface area contributed by atoms with E-state index in [2.05, 4.69) is 189 Å². The van der Waals surface area contributed by atoms with E-state index in [0.717, 1.165) is 0 Å². The van der Waals surface area contributed by atoms with Gasteiger partial charge in [0, 0.05) is 71.0 Å². The summed E-state index contributed by atoms with van der Waals surface area (Å²) in [6.07, 6.45) is 0. The van der Waals surface area contributed by atoms with Crippen molar-refractivity contribution in [2.24, 2.45) is 0 Å². The molecular weight excluding hydrogens is 579 g/mol. The monoisotopic (exact) mass is 615 g/mol. The SMILES string of the molecule is Cc1ccc2c(c1)-c1cc(C)ccc1N1B2c2ccc([N+](c3ccccc3)(c3ccccc3)c3ccccc3)cc2-c2cc(C)ccc21. The number of hydrogen-bond acceptors (Lipinski definition) is 1. The molecule has 0 amide bonds. The van der Waals surface area contributed by atoms with Crippen molar-refractivity contribution in [3.05, 3.63) is 180 Å². The van der Waals surface area contributed by atoms with Gasteiger partial charge in [-0.15, -0.1) is 0 Å². The van der Waals surface area contributed by atoms with Gasteiger partial charge in [-0.1, -0.05) is 108 Å². The molecule has 7 aromatic carbocycles. The molecule has 0 unspecified atom stereocenters. The van der Waals surface area contributed by atoms with Crippen LogP contribution in [0.2, 0.25) is 0 Å². The van der Waals surface area contributed by atoms with Gasteiger partial charge >= 0.3 is 6.85 Å². The van der Waals surface area contributed by atoms with E-state index < -0.39 is 0 Å². The predicted molar refractivity (Wildman–Crippen MR) is 205 cm³/mol. The van der Waals surface area contributed by atoms with E-state index in [1.165, 1.54) is 84.0 Å². The third-order valence-corrected chi connectivity index (χ3v) is 10.3. The Balaban J connectivity index is 1.37. The lowest BCUT2D eigenvalue weighted by Gasteiger charge is -2.44. The molecule has 0 N–H and O–H groups in total. The maximum Gasteiger partial charge on any atom is 0.329 e. The average Bonchev–Trinajstić information content (AvgIpc) is 3.13. The maximum atomic E-state index is 2.59. The molecule has 0 aliphatic carbocycles. The van der Waals surface area contributed by atoms with E-state index >= 15 is 0 Å². The largest absolute Gasteiger partial charge is 0.376 e. The van der Waals surface area contributed by atoms with Crippen molar-refractivity contribution in [1.29, 1.82) is 0 Å². The zero-order valence-electron chi connectivity index (χ0n) is 27.6. The molecule has 0 bridgehead atoms. The Kier molecular flexibility index (Phi) is 6.53. The maximum absolute atomic E-state index is 2.59. The van der Waals surface area contributed by atoms with Gasteiger partial charge in [0.25, 0.3) is 0 Å². The Morgan fingerprint density at radius 2 is 0.771 bits per heavy atom. The summed E-state index contributed by atoms with van der Waals surface area (Å²) in [6.45, 7) is 6.67. The van der Waals surface area contributed by atoms with Gasteiger partial charge < -0.3 is 4.81 Å². The van der Waals surface area contributed by atoms with Crippen LogP contribution in [0.15, 0.2) is 164 Å². The summed E-state index contributed by atoms with van der Waals surface area (Å²) in [4.78, 5) is 2.59. The fourth-order valence-electron chi connectivity index (χ4n) is 8.22. The van der Waals surface area contributed by atoms with Crippen LogP contribution in [0, 0.1) is 20.8 Å². The van der Waals surface area contributed by atoms with Crippen LogP contribution in [-0.2, 0) is 0 Å². The topological polar surface area (TPSA) is 3.24 Å². The molecule has 9 rings (SSSR count).